The van der Waals surface area contributed by atoms with Crippen LogP contribution in [0.2, 0.25) is 0 Å². The normalized spacial score (nSPS) is 23.9. The van der Waals surface area contributed by atoms with Crippen LogP contribution in [0.4, 0.5) is 0 Å². The van der Waals surface area contributed by atoms with Gasteiger partial charge in [0, 0.05) is 0 Å². The van der Waals surface area contributed by atoms with E-state index in [1.54, 1.807) is 0 Å². The average molecular weight is 398 g/mol. The van der Waals surface area contributed by atoms with Gasteiger partial charge in [0.1, 0.15) is 18.3 Å². The van der Waals surface area contributed by atoms with E-state index in [2.05, 4.69) is 6.58 Å². The van der Waals surface area contributed by atoms with Gasteiger partial charge in [0.05, 0.1) is 26.4 Å². The third kappa shape index (κ3) is 6.77. The average Bonchev–Trinajstić information content (AvgIpc) is 3.06. The Morgan fingerprint density at radius 1 is 0.931 bits per heavy atom. The van der Waals surface area contributed by atoms with Gasteiger partial charge in [-0.15, -0.1) is 6.58 Å². The summed E-state index contributed by atoms with van der Waals surface area (Å²) in [6.45, 7) is 5.39. The molecule has 156 valence electrons. The highest BCUT2D eigenvalue weighted by molar-refractivity contribution is 5.14. The van der Waals surface area contributed by atoms with Crippen molar-refractivity contribution in [3.63, 3.8) is 0 Å². The number of unbranched alkanes of at least 4 members (excludes halogenated alkanes) is 1. The molecule has 0 amide bonds. The van der Waals surface area contributed by atoms with E-state index in [4.69, 9.17) is 18.9 Å². The zero-order valence-corrected chi connectivity index (χ0v) is 16.7. The molecule has 1 heterocycles. The van der Waals surface area contributed by atoms with Gasteiger partial charge in [-0.05, 0) is 24.0 Å². The first-order valence-electron chi connectivity index (χ1n) is 10.1. The largest absolute Gasteiger partial charge is 0.385 e. The van der Waals surface area contributed by atoms with Crippen molar-refractivity contribution in [1.29, 1.82) is 0 Å². The molecule has 0 saturated carbocycles. The number of aliphatic hydroxyl groups excluding tert-OH is 1. The van der Waals surface area contributed by atoms with Crippen LogP contribution in [0.5, 0.6) is 0 Å². The molecule has 1 fully saturated rings. The summed E-state index contributed by atoms with van der Waals surface area (Å²) in [6.07, 6.45) is 1.04. The van der Waals surface area contributed by atoms with Crippen LogP contribution in [0.25, 0.3) is 0 Å². The monoisotopic (exact) mass is 398 g/mol. The molecular weight excluding hydrogens is 368 g/mol. The molecule has 2 aromatic rings. The van der Waals surface area contributed by atoms with Gasteiger partial charge >= 0.3 is 0 Å². The van der Waals surface area contributed by atoms with E-state index in [0.717, 1.165) is 24.0 Å². The third-order valence-corrected chi connectivity index (χ3v) is 4.80. The lowest BCUT2D eigenvalue weighted by atomic mass is 10.1. The predicted molar refractivity (Wildman–Crippen MR) is 111 cm³/mol. The lowest BCUT2D eigenvalue weighted by molar-refractivity contribution is -0.172. The molecule has 0 spiro atoms. The number of allylic oxidation sites excluding steroid dienone is 1. The minimum Gasteiger partial charge on any atom is -0.385 e. The molecular formula is C24H30O5. The summed E-state index contributed by atoms with van der Waals surface area (Å²) in [5.41, 5.74) is 2.13. The van der Waals surface area contributed by atoms with Crippen LogP contribution in [-0.2, 0) is 32.2 Å². The number of aliphatic hydroxyl groups is 1. The van der Waals surface area contributed by atoms with Crippen LogP contribution in [0.15, 0.2) is 73.3 Å². The van der Waals surface area contributed by atoms with Gasteiger partial charge in [-0.1, -0.05) is 66.7 Å². The molecule has 0 radical (unpaired) electrons. The molecule has 0 bridgehead atoms. The van der Waals surface area contributed by atoms with Crippen LogP contribution >= 0.6 is 0 Å². The van der Waals surface area contributed by atoms with E-state index in [1.807, 2.05) is 66.7 Å². The van der Waals surface area contributed by atoms with Crippen LogP contribution in [-0.4, -0.2) is 42.9 Å². The molecule has 5 nitrogen and oxygen atoms in total. The van der Waals surface area contributed by atoms with E-state index in [0.29, 0.717) is 26.4 Å². The molecule has 1 aliphatic rings. The zero-order chi connectivity index (χ0) is 20.3. The Kier molecular flexibility index (Phi) is 8.86. The fourth-order valence-corrected chi connectivity index (χ4v) is 3.24. The number of benzene rings is 2. The summed E-state index contributed by atoms with van der Waals surface area (Å²) >= 11 is 0. The fourth-order valence-electron chi connectivity index (χ4n) is 3.24. The summed E-state index contributed by atoms with van der Waals surface area (Å²) in [5, 5.41) is 10.7. The van der Waals surface area contributed by atoms with E-state index < -0.39 is 24.6 Å². The summed E-state index contributed by atoms with van der Waals surface area (Å²) in [7, 11) is 0. The minimum atomic E-state index is -0.868. The Hall–Kier alpha value is -2.02. The van der Waals surface area contributed by atoms with Crippen molar-refractivity contribution in [2.45, 2.75) is 50.7 Å². The van der Waals surface area contributed by atoms with Gasteiger partial charge in [0.25, 0.3) is 0 Å². The summed E-state index contributed by atoms with van der Waals surface area (Å²) in [5.74, 6) is 0. The van der Waals surface area contributed by atoms with E-state index >= 15 is 0 Å². The topological polar surface area (TPSA) is 57.2 Å². The smallest absolute Gasteiger partial charge is 0.186 e. The van der Waals surface area contributed by atoms with Gasteiger partial charge in [0.2, 0.25) is 0 Å². The first-order chi connectivity index (χ1) is 14.3. The minimum absolute atomic E-state index is 0.317. The molecule has 0 unspecified atom stereocenters. The Bertz CT molecular complexity index is 706. The molecule has 0 aromatic heterocycles. The molecule has 4 atom stereocenters. The summed E-state index contributed by atoms with van der Waals surface area (Å²) < 4.78 is 23.5. The van der Waals surface area contributed by atoms with Crippen molar-refractivity contribution < 1.29 is 24.1 Å². The van der Waals surface area contributed by atoms with Crippen molar-refractivity contribution in [1.82, 2.24) is 0 Å². The van der Waals surface area contributed by atoms with Gasteiger partial charge in [-0.25, -0.2) is 0 Å². The molecule has 1 saturated heterocycles. The molecule has 5 heteroatoms. The maximum absolute atomic E-state index is 10.7. The van der Waals surface area contributed by atoms with Crippen molar-refractivity contribution in [2.75, 3.05) is 13.2 Å². The van der Waals surface area contributed by atoms with Crippen molar-refractivity contribution in [3.05, 3.63) is 84.4 Å². The van der Waals surface area contributed by atoms with Crippen LogP contribution in [0, 0.1) is 0 Å². The standard InChI is InChI=1S/C24H30O5/c1-2-3-10-15-27-24-22(25)23(28-17-20-13-8-5-9-14-20)21(29-24)18-26-16-19-11-6-4-7-12-19/h2,4-9,11-14,21-25H,1,3,10,15-18H2/t21-,22-,23-,24-/m1/s1. The highest BCUT2D eigenvalue weighted by Gasteiger charge is 2.45. The molecule has 29 heavy (non-hydrogen) atoms. The van der Waals surface area contributed by atoms with Crippen LogP contribution in [0.3, 0.4) is 0 Å². The van der Waals surface area contributed by atoms with E-state index in [1.165, 1.54) is 0 Å². The summed E-state index contributed by atoms with van der Waals surface area (Å²) in [6, 6.07) is 19.8. The van der Waals surface area contributed by atoms with Crippen molar-refractivity contribution >= 4 is 0 Å². The Morgan fingerprint density at radius 3 is 2.24 bits per heavy atom. The Balaban J connectivity index is 1.55. The maximum atomic E-state index is 10.7. The Labute approximate surface area is 172 Å². The van der Waals surface area contributed by atoms with Gasteiger partial charge in [0.15, 0.2) is 6.29 Å². The second-order valence-electron chi connectivity index (χ2n) is 7.10. The first-order valence-corrected chi connectivity index (χ1v) is 10.1. The number of rotatable bonds is 12. The highest BCUT2D eigenvalue weighted by Crippen LogP contribution is 2.27. The molecule has 1 N–H and O–H groups in total. The summed E-state index contributed by atoms with van der Waals surface area (Å²) in [4.78, 5) is 0. The first kappa shape index (κ1) is 21.7. The molecule has 1 aliphatic heterocycles. The van der Waals surface area contributed by atoms with Crippen molar-refractivity contribution in [2.24, 2.45) is 0 Å². The third-order valence-electron chi connectivity index (χ3n) is 4.80. The second-order valence-corrected chi connectivity index (χ2v) is 7.10. The highest BCUT2D eigenvalue weighted by atomic mass is 16.7. The quantitative estimate of drug-likeness (QED) is 0.435. The number of hydrogen-bond donors (Lipinski definition) is 1. The molecule has 0 aliphatic carbocycles. The molecule has 3 rings (SSSR count). The van der Waals surface area contributed by atoms with Crippen molar-refractivity contribution in [3.8, 4) is 0 Å². The fraction of sp³-hybridized carbons (Fsp3) is 0.417. The lowest BCUT2D eigenvalue weighted by Crippen LogP contribution is -2.37. The van der Waals surface area contributed by atoms with E-state index in [9.17, 15) is 5.11 Å². The van der Waals surface area contributed by atoms with Gasteiger partial charge in [-0.3, -0.25) is 0 Å². The number of hydrogen-bond acceptors (Lipinski definition) is 5. The Morgan fingerprint density at radius 2 is 1.59 bits per heavy atom. The SMILES string of the molecule is C=CCCCO[C@@H]1O[C@H](COCc2ccccc2)[C@@H](OCc2ccccc2)[C@H]1O. The van der Waals surface area contributed by atoms with Crippen LogP contribution in [0.1, 0.15) is 24.0 Å². The van der Waals surface area contributed by atoms with Gasteiger partial charge < -0.3 is 24.1 Å². The number of ether oxygens (including phenoxy) is 4. The zero-order valence-electron chi connectivity index (χ0n) is 16.7. The van der Waals surface area contributed by atoms with Gasteiger partial charge in [-0.2, -0.15) is 0 Å². The second kappa shape index (κ2) is 11.9. The maximum Gasteiger partial charge on any atom is 0.186 e. The van der Waals surface area contributed by atoms with Crippen LogP contribution < -0.4 is 0 Å². The van der Waals surface area contributed by atoms with E-state index in [-0.39, 0.29) is 0 Å². The molecule has 2 aromatic carbocycles. The lowest BCUT2D eigenvalue weighted by Gasteiger charge is -2.21. The predicted octanol–water partition coefficient (Wildman–Crippen LogP) is 3.86.